The first-order chi connectivity index (χ1) is 13.6. The Labute approximate surface area is 168 Å². The van der Waals surface area contributed by atoms with Gasteiger partial charge in [0, 0.05) is 20.1 Å². The summed E-state index contributed by atoms with van der Waals surface area (Å²) in [4.78, 5) is 4.09. The molecule has 0 spiro atoms. The summed E-state index contributed by atoms with van der Waals surface area (Å²) < 4.78 is 63.2. The van der Waals surface area contributed by atoms with Crippen molar-refractivity contribution in [2.45, 2.75) is 19.1 Å². The molecule has 10 heteroatoms. The number of sulfonamides is 1. The van der Waals surface area contributed by atoms with Crippen LogP contribution in [0.25, 0.3) is 0 Å². The number of halogens is 3. The van der Waals surface area contributed by atoms with Crippen molar-refractivity contribution in [3.05, 3.63) is 65.2 Å². The number of aliphatic imine (C=N–C) groups is 1. The molecule has 2 aromatic rings. The van der Waals surface area contributed by atoms with E-state index in [-0.39, 0.29) is 0 Å². The Kier molecular flexibility index (Phi) is 7.49. The molecule has 0 aromatic heterocycles. The van der Waals surface area contributed by atoms with Crippen molar-refractivity contribution in [3.63, 3.8) is 0 Å². The predicted octanol–water partition coefficient (Wildman–Crippen LogP) is 2.98. The molecule has 29 heavy (non-hydrogen) atoms. The predicted molar refractivity (Wildman–Crippen MR) is 108 cm³/mol. The van der Waals surface area contributed by atoms with Gasteiger partial charge in [0.05, 0.1) is 17.5 Å². The minimum absolute atomic E-state index is 0.332. The molecular weight excluding hydrogens is 405 g/mol. The molecule has 0 saturated heterocycles. The largest absolute Gasteiger partial charge is 0.416 e. The molecule has 2 aromatic carbocycles. The van der Waals surface area contributed by atoms with Crippen LogP contribution in [0.2, 0.25) is 0 Å². The lowest BCUT2D eigenvalue weighted by molar-refractivity contribution is -0.137. The second kappa shape index (κ2) is 9.64. The number of guanidine groups is 1. The van der Waals surface area contributed by atoms with Gasteiger partial charge in [-0.1, -0.05) is 30.3 Å². The maximum Gasteiger partial charge on any atom is 0.416 e. The standard InChI is InChI=1S/C19H23F3N4O2S/c1-23-18(24-12-11-14-7-9-16(10-8-14)19(20,21)22)25-13-15-5-3-4-6-17(15)26-29(2,27)28/h3-10,26H,11-13H2,1-2H3,(H2,23,24,25). The molecule has 0 aliphatic rings. The fourth-order valence-corrected chi connectivity index (χ4v) is 3.16. The molecule has 158 valence electrons. The van der Waals surface area contributed by atoms with Gasteiger partial charge in [-0.15, -0.1) is 0 Å². The molecule has 0 saturated carbocycles. The van der Waals surface area contributed by atoms with Crippen LogP contribution >= 0.6 is 0 Å². The van der Waals surface area contributed by atoms with Gasteiger partial charge < -0.3 is 10.6 Å². The molecule has 0 radical (unpaired) electrons. The fourth-order valence-electron chi connectivity index (χ4n) is 2.56. The van der Waals surface area contributed by atoms with Gasteiger partial charge in [0.2, 0.25) is 10.0 Å². The molecule has 0 bridgehead atoms. The summed E-state index contributed by atoms with van der Waals surface area (Å²) in [5, 5.41) is 6.16. The maximum absolute atomic E-state index is 12.6. The molecule has 0 aliphatic heterocycles. The first kappa shape index (κ1) is 22.5. The van der Waals surface area contributed by atoms with E-state index < -0.39 is 21.8 Å². The maximum atomic E-state index is 12.6. The molecule has 0 unspecified atom stereocenters. The number of anilines is 1. The summed E-state index contributed by atoms with van der Waals surface area (Å²) >= 11 is 0. The number of nitrogens with one attached hydrogen (secondary N) is 3. The van der Waals surface area contributed by atoms with Crippen LogP contribution in [0, 0.1) is 0 Å². The van der Waals surface area contributed by atoms with Crippen LogP contribution < -0.4 is 15.4 Å². The van der Waals surface area contributed by atoms with Gasteiger partial charge in [0.15, 0.2) is 5.96 Å². The van der Waals surface area contributed by atoms with Crippen LogP contribution in [0.4, 0.5) is 18.9 Å². The SMILES string of the molecule is CN=C(NCCc1ccc(C(F)(F)F)cc1)NCc1ccccc1NS(C)(=O)=O. The summed E-state index contributed by atoms with van der Waals surface area (Å²) in [7, 11) is -1.80. The average Bonchev–Trinajstić information content (AvgIpc) is 2.64. The Morgan fingerprint density at radius 2 is 1.69 bits per heavy atom. The summed E-state index contributed by atoms with van der Waals surface area (Å²) in [6, 6.07) is 12.0. The van der Waals surface area contributed by atoms with Gasteiger partial charge in [-0.2, -0.15) is 13.2 Å². The lowest BCUT2D eigenvalue weighted by atomic mass is 10.1. The number of nitrogens with zero attached hydrogens (tertiary/aromatic N) is 1. The third-order valence-electron chi connectivity index (χ3n) is 3.97. The fraction of sp³-hybridized carbons (Fsp3) is 0.316. The van der Waals surface area contributed by atoms with E-state index in [2.05, 4.69) is 20.3 Å². The Morgan fingerprint density at radius 1 is 1.03 bits per heavy atom. The lowest BCUT2D eigenvalue weighted by Crippen LogP contribution is -2.38. The van der Waals surface area contributed by atoms with Gasteiger partial charge in [-0.05, 0) is 35.7 Å². The van der Waals surface area contributed by atoms with Crippen molar-refractivity contribution in [3.8, 4) is 0 Å². The van der Waals surface area contributed by atoms with Crippen molar-refractivity contribution in [1.82, 2.24) is 10.6 Å². The first-order valence-electron chi connectivity index (χ1n) is 8.75. The monoisotopic (exact) mass is 428 g/mol. The third kappa shape index (κ3) is 7.65. The van der Waals surface area contributed by atoms with Crippen molar-refractivity contribution >= 4 is 21.7 Å². The van der Waals surface area contributed by atoms with Crippen LogP contribution in [0.15, 0.2) is 53.5 Å². The highest BCUT2D eigenvalue weighted by atomic mass is 32.2. The number of rotatable bonds is 7. The number of alkyl halides is 3. The van der Waals surface area contributed by atoms with Gasteiger partial charge in [-0.25, -0.2) is 8.42 Å². The highest BCUT2D eigenvalue weighted by Gasteiger charge is 2.29. The summed E-state index contributed by atoms with van der Waals surface area (Å²) in [6.45, 7) is 0.799. The molecule has 2 rings (SSSR count). The average molecular weight is 428 g/mol. The zero-order valence-corrected chi connectivity index (χ0v) is 16.9. The molecule has 3 N–H and O–H groups in total. The molecule has 0 aliphatic carbocycles. The molecular formula is C19H23F3N4O2S. The molecule has 0 atom stereocenters. The van der Waals surface area contributed by atoms with E-state index in [1.807, 2.05) is 0 Å². The number of benzene rings is 2. The van der Waals surface area contributed by atoms with E-state index in [4.69, 9.17) is 0 Å². The van der Waals surface area contributed by atoms with Crippen LogP contribution in [-0.2, 0) is 29.2 Å². The highest BCUT2D eigenvalue weighted by Crippen LogP contribution is 2.29. The van der Waals surface area contributed by atoms with E-state index in [1.165, 1.54) is 12.1 Å². The van der Waals surface area contributed by atoms with E-state index >= 15 is 0 Å². The Morgan fingerprint density at radius 3 is 2.28 bits per heavy atom. The minimum atomic E-state index is -4.34. The number of hydrogen-bond acceptors (Lipinski definition) is 3. The summed E-state index contributed by atoms with van der Waals surface area (Å²) in [5.41, 5.74) is 1.31. The van der Waals surface area contributed by atoms with E-state index in [1.54, 1.807) is 31.3 Å². The number of para-hydroxylation sites is 1. The van der Waals surface area contributed by atoms with Crippen LogP contribution in [0.3, 0.4) is 0 Å². The quantitative estimate of drug-likeness (QED) is 0.468. The van der Waals surface area contributed by atoms with Crippen molar-refractivity contribution < 1.29 is 21.6 Å². The van der Waals surface area contributed by atoms with Crippen LogP contribution in [-0.4, -0.2) is 34.2 Å². The minimum Gasteiger partial charge on any atom is -0.356 e. The van der Waals surface area contributed by atoms with E-state index in [9.17, 15) is 21.6 Å². The Bertz CT molecular complexity index is 943. The van der Waals surface area contributed by atoms with E-state index in [0.717, 1.165) is 29.5 Å². The highest BCUT2D eigenvalue weighted by molar-refractivity contribution is 7.92. The van der Waals surface area contributed by atoms with E-state index in [0.29, 0.717) is 31.2 Å². The molecule has 0 fully saturated rings. The zero-order valence-electron chi connectivity index (χ0n) is 16.0. The van der Waals surface area contributed by atoms with Gasteiger partial charge in [-0.3, -0.25) is 9.71 Å². The van der Waals surface area contributed by atoms with Crippen LogP contribution in [0.5, 0.6) is 0 Å². The Balaban J connectivity index is 1.88. The van der Waals surface area contributed by atoms with Crippen molar-refractivity contribution in [1.29, 1.82) is 0 Å². The number of hydrogen-bond donors (Lipinski definition) is 3. The van der Waals surface area contributed by atoms with Crippen molar-refractivity contribution in [2.24, 2.45) is 4.99 Å². The topological polar surface area (TPSA) is 82.6 Å². The normalized spacial score (nSPS) is 12.5. The summed E-state index contributed by atoms with van der Waals surface area (Å²) in [6.07, 6.45) is -2.74. The Hall–Kier alpha value is -2.75. The smallest absolute Gasteiger partial charge is 0.356 e. The summed E-state index contributed by atoms with van der Waals surface area (Å²) in [5.74, 6) is 0.492. The zero-order chi connectivity index (χ0) is 21.5. The van der Waals surface area contributed by atoms with Crippen LogP contribution in [0.1, 0.15) is 16.7 Å². The molecule has 0 heterocycles. The molecule has 6 nitrogen and oxygen atoms in total. The van der Waals surface area contributed by atoms with Gasteiger partial charge in [0.1, 0.15) is 0 Å². The van der Waals surface area contributed by atoms with Gasteiger partial charge >= 0.3 is 6.18 Å². The lowest BCUT2D eigenvalue weighted by Gasteiger charge is -2.15. The van der Waals surface area contributed by atoms with Gasteiger partial charge in [0.25, 0.3) is 0 Å². The molecule has 0 amide bonds. The second-order valence-electron chi connectivity index (χ2n) is 6.33. The second-order valence-corrected chi connectivity index (χ2v) is 8.08. The third-order valence-corrected chi connectivity index (χ3v) is 4.56. The first-order valence-corrected chi connectivity index (χ1v) is 10.6. The van der Waals surface area contributed by atoms with Crippen molar-refractivity contribution in [2.75, 3.05) is 24.6 Å².